The average molecular weight is 483 g/mol. The van der Waals surface area contributed by atoms with Gasteiger partial charge in [0.25, 0.3) is 5.56 Å². The fourth-order valence-corrected chi connectivity index (χ4v) is 7.07. The van der Waals surface area contributed by atoms with Crippen molar-refractivity contribution in [3.63, 3.8) is 0 Å². The van der Waals surface area contributed by atoms with Crippen molar-refractivity contribution in [3.8, 4) is 0 Å². The van der Waals surface area contributed by atoms with Crippen LogP contribution in [0.4, 0.5) is 0 Å². The first-order valence-corrected chi connectivity index (χ1v) is 13.7. The Morgan fingerprint density at radius 3 is 2.70 bits per heavy atom. The van der Waals surface area contributed by atoms with Crippen molar-refractivity contribution in [1.82, 2.24) is 9.55 Å². The highest BCUT2D eigenvalue weighted by molar-refractivity contribution is 7.99. The number of thioether (sulfide) groups is 1. The number of hydrogen-bond acceptors (Lipinski definition) is 6. The third-order valence-electron chi connectivity index (χ3n) is 6.85. The molecule has 3 heterocycles. The van der Waals surface area contributed by atoms with Crippen LogP contribution in [0.1, 0.15) is 72.8 Å². The van der Waals surface area contributed by atoms with Gasteiger partial charge in [0, 0.05) is 22.9 Å². The zero-order chi connectivity index (χ0) is 22.9. The zero-order valence-corrected chi connectivity index (χ0v) is 20.8. The number of nitrogens with zero attached hydrogens (tertiary/aromatic N) is 2. The minimum absolute atomic E-state index is 0.0591. The molecule has 0 amide bonds. The monoisotopic (exact) mass is 482 g/mol. The Hall–Kier alpha value is -1.96. The van der Waals surface area contributed by atoms with Gasteiger partial charge in [-0.05, 0) is 24.3 Å². The maximum Gasteiger partial charge on any atom is 0.263 e. The Kier molecular flexibility index (Phi) is 6.72. The molecule has 174 valence electrons. The molecule has 2 aliphatic rings. The van der Waals surface area contributed by atoms with Crippen LogP contribution < -0.4 is 5.56 Å². The van der Waals surface area contributed by atoms with Crippen molar-refractivity contribution in [3.05, 3.63) is 56.7 Å². The lowest BCUT2D eigenvalue weighted by Gasteiger charge is -2.27. The number of fused-ring (bicyclic) bond motifs is 3. The van der Waals surface area contributed by atoms with Gasteiger partial charge in [-0.3, -0.25) is 14.2 Å². The molecule has 1 aliphatic heterocycles. The van der Waals surface area contributed by atoms with E-state index in [9.17, 15) is 9.59 Å². The molecule has 2 aromatic heterocycles. The largest absolute Gasteiger partial charge is 0.372 e. The van der Waals surface area contributed by atoms with E-state index in [-0.39, 0.29) is 29.2 Å². The summed E-state index contributed by atoms with van der Waals surface area (Å²) in [6, 6.07) is 9.50. The summed E-state index contributed by atoms with van der Waals surface area (Å²) in [6.07, 6.45) is 6.38. The standard InChI is InChI=1S/C26H30N2O3S2/c1-16(2)21-13-19-22(14-31-21)33-24-23(19)25(30)28(18-11-7-4-8-12-18)26(27-24)32-15-20(29)17-9-5-3-6-10-17/h3,5-6,9-10,16,18,21H,4,7-8,11-15H2,1-2H3/t21-/m1/s1. The van der Waals surface area contributed by atoms with Gasteiger partial charge < -0.3 is 4.74 Å². The number of Topliss-reactive ketones (excluding diaryl/α,β-unsaturated/α-hetero) is 1. The van der Waals surface area contributed by atoms with E-state index in [0.29, 0.717) is 23.2 Å². The van der Waals surface area contributed by atoms with Crippen LogP contribution >= 0.6 is 23.1 Å². The lowest BCUT2D eigenvalue weighted by Crippen LogP contribution is -2.31. The summed E-state index contributed by atoms with van der Waals surface area (Å²) in [6.45, 7) is 4.89. The minimum Gasteiger partial charge on any atom is -0.372 e. The van der Waals surface area contributed by atoms with Crippen molar-refractivity contribution < 1.29 is 9.53 Å². The molecule has 7 heteroatoms. The molecule has 0 radical (unpaired) electrons. The normalized spacial score (nSPS) is 19.2. The number of carbonyl (C=O) groups is 1. The molecule has 1 aromatic carbocycles. The average Bonchev–Trinajstić information content (AvgIpc) is 3.21. The molecule has 33 heavy (non-hydrogen) atoms. The van der Waals surface area contributed by atoms with Crippen LogP contribution in [0.5, 0.6) is 0 Å². The van der Waals surface area contributed by atoms with E-state index in [1.165, 1.54) is 18.2 Å². The second kappa shape index (κ2) is 9.72. The second-order valence-corrected chi connectivity index (χ2v) is 11.4. The van der Waals surface area contributed by atoms with Crippen molar-refractivity contribution in [2.75, 3.05) is 5.75 Å². The van der Waals surface area contributed by atoms with Crippen LogP contribution in [0.25, 0.3) is 10.2 Å². The van der Waals surface area contributed by atoms with Crippen molar-refractivity contribution in [1.29, 1.82) is 0 Å². The van der Waals surface area contributed by atoms with Crippen LogP contribution in [0.2, 0.25) is 0 Å². The summed E-state index contributed by atoms with van der Waals surface area (Å²) in [4.78, 5) is 33.6. The molecule has 1 aliphatic carbocycles. The number of ketones is 1. The Bertz CT molecular complexity index is 1210. The van der Waals surface area contributed by atoms with Gasteiger partial charge in [-0.2, -0.15) is 0 Å². The third-order valence-corrected chi connectivity index (χ3v) is 8.91. The van der Waals surface area contributed by atoms with Gasteiger partial charge in [-0.1, -0.05) is 75.2 Å². The summed E-state index contributed by atoms with van der Waals surface area (Å²) in [7, 11) is 0. The van der Waals surface area contributed by atoms with Crippen LogP contribution in [0.15, 0.2) is 40.3 Å². The molecule has 0 spiro atoms. The van der Waals surface area contributed by atoms with Gasteiger partial charge >= 0.3 is 0 Å². The summed E-state index contributed by atoms with van der Waals surface area (Å²) in [5.74, 6) is 0.738. The van der Waals surface area contributed by atoms with E-state index in [0.717, 1.165) is 52.8 Å². The molecule has 5 rings (SSSR count). The van der Waals surface area contributed by atoms with Gasteiger partial charge in [-0.15, -0.1) is 11.3 Å². The molecular weight excluding hydrogens is 452 g/mol. The molecule has 1 fully saturated rings. The summed E-state index contributed by atoms with van der Waals surface area (Å²) >= 11 is 2.98. The van der Waals surface area contributed by atoms with Crippen LogP contribution in [0, 0.1) is 5.92 Å². The Balaban J connectivity index is 1.55. The number of aromatic nitrogens is 2. The van der Waals surface area contributed by atoms with Crippen molar-refractivity contribution >= 4 is 39.1 Å². The van der Waals surface area contributed by atoms with E-state index in [4.69, 9.17) is 9.72 Å². The van der Waals surface area contributed by atoms with E-state index >= 15 is 0 Å². The van der Waals surface area contributed by atoms with Crippen LogP contribution in [-0.2, 0) is 17.8 Å². The SMILES string of the molecule is CC(C)[C@H]1Cc2c(sc3nc(SCC(=O)c4ccccc4)n(C4CCCCC4)c(=O)c23)CO1. The molecular formula is C26H30N2O3S2. The Morgan fingerprint density at radius 2 is 1.97 bits per heavy atom. The molecule has 0 unspecified atom stereocenters. The molecule has 0 N–H and O–H groups in total. The highest BCUT2D eigenvalue weighted by atomic mass is 32.2. The highest BCUT2D eigenvalue weighted by Crippen LogP contribution is 2.37. The molecule has 5 nitrogen and oxygen atoms in total. The minimum atomic E-state index is 0.0591. The quantitative estimate of drug-likeness (QED) is 0.244. The van der Waals surface area contributed by atoms with E-state index in [1.807, 2.05) is 34.9 Å². The van der Waals surface area contributed by atoms with Crippen LogP contribution in [0.3, 0.4) is 0 Å². The van der Waals surface area contributed by atoms with Gasteiger partial charge in [0.15, 0.2) is 10.9 Å². The fraction of sp³-hybridized carbons (Fsp3) is 0.500. The Labute approximate surface area is 202 Å². The predicted octanol–water partition coefficient (Wildman–Crippen LogP) is 6.04. The molecule has 1 saturated carbocycles. The van der Waals surface area contributed by atoms with Crippen molar-refractivity contribution in [2.45, 2.75) is 76.3 Å². The molecule has 3 aromatic rings. The number of carbonyl (C=O) groups excluding carboxylic acids is 1. The topological polar surface area (TPSA) is 61.2 Å². The number of benzene rings is 1. The van der Waals surface area contributed by atoms with Crippen molar-refractivity contribution in [2.24, 2.45) is 5.92 Å². The van der Waals surface area contributed by atoms with E-state index < -0.39 is 0 Å². The number of hydrogen-bond donors (Lipinski definition) is 0. The number of thiophene rings is 1. The molecule has 1 atom stereocenters. The predicted molar refractivity (Wildman–Crippen MR) is 135 cm³/mol. The summed E-state index contributed by atoms with van der Waals surface area (Å²) in [5.41, 5.74) is 1.91. The third kappa shape index (κ3) is 4.55. The van der Waals surface area contributed by atoms with E-state index in [1.54, 1.807) is 11.3 Å². The van der Waals surface area contributed by atoms with Gasteiger partial charge in [0.05, 0.1) is 23.8 Å². The first-order chi connectivity index (χ1) is 16.0. The Morgan fingerprint density at radius 1 is 1.21 bits per heavy atom. The summed E-state index contributed by atoms with van der Waals surface area (Å²) in [5, 5.41) is 1.47. The molecule has 0 saturated heterocycles. The van der Waals surface area contributed by atoms with Gasteiger partial charge in [0.2, 0.25) is 0 Å². The fourth-order valence-electron chi connectivity index (χ4n) is 4.95. The lowest BCUT2D eigenvalue weighted by molar-refractivity contribution is 0.00200. The molecule has 0 bridgehead atoms. The van der Waals surface area contributed by atoms with Gasteiger partial charge in [-0.25, -0.2) is 4.98 Å². The zero-order valence-electron chi connectivity index (χ0n) is 19.2. The first kappa shape index (κ1) is 22.8. The maximum atomic E-state index is 14.0. The lowest BCUT2D eigenvalue weighted by atomic mass is 9.94. The highest BCUT2D eigenvalue weighted by Gasteiger charge is 2.30. The van der Waals surface area contributed by atoms with Crippen LogP contribution in [-0.4, -0.2) is 27.2 Å². The number of ether oxygens (including phenoxy) is 1. The summed E-state index contributed by atoms with van der Waals surface area (Å²) < 4.78 is 7.99. The number of rotatable bonds is 6. The second-order valence-electron chi connectivity index (χ2n) is 9.42. The smallest absolute Gasteiger partial charge is 0.263 e. The van der Waals surface area contributed by atoms with Gasteiger partial charge in [0.1, 0.15) is 4.83 Å². The maximum absolute atomic E-state index is 14.0. The first-order valence-electron chi connectivity index (χ1n) is 11.9. The van der Waals surface area contributed by atoms with E-state index in [2.05, 4.69) is 13.8 Å².